The van der Waals surface area contributed by atoms with E-state index in [2.05, 4.69) is 5.32 Å². The summed E-state index contributed by atoms with van der Waals surface area (Å²) in [4.78, 5) is 29.0. The van der Waals surface area contributed by atoms with E-state index in [4.69, 9.17) is 21.1 Å². The first kappa shape index (κ1) is 32.8. The van der Waals surface area contributed by atoms with Crippen LogP contribution in [0.1, 0.15) is 39.7 Å². The molecule has 0 saturated carbocycles. The Kier molecular flexibility index (Phi) is 10.9. The lowest BCUT2D eigenvalue weighted by Crippen LogP contribution is -2.55. The summed E-state index contributed by atoms with van der Waals surface area (Å²) >= 11 is 6.37. The van der Waals surface area contributed by atoms with Crippen LogP contribution in [-0.2, 0) is 26.2 Å². The van der Waals surface area contributed by atoms with Crippen molar-refractivity contribution in [1.82, 2.24) is 10.2 Å². The molecule has 1 N–H and O–H groups in total. The molecule has 0 aliphatic carbocycles. The fourth-order valence-electron chi connectivity index (χ4n) is 4.36. The van der Waals surface area contributed by atoms with Crippen LogP contribution in [-0.4, -0.2) is 57.5 Å². The van der Waals surface area contributed by atoms with Crippen LogP contribution >= 0.6 is 11.6 Å². The van der Waals surface area contributed by atoms with Crippen LogP contribution in [0.3, 0.4) is 0 Å². The smallest absolute Gasteiger partial charge is 0.264 e. The van der Waals surface area contributed by atoms with Crippen LogP contribution in [0.15, 0.2) is 77.7 Å². The summed E-state index contributed by atoms with van der Waals surface area (Å²) < 4.78 is 39.4. The van der Waals surface area contributed by atoms with Crippen molar-refractivity contribution < 1.29 is 27.5 Å². The van der Waals surface area contributed by atoms with Crippen molar-refractivity contribution >= 4 is 39.1 Å². The average molecular weight is 616 g/mol. The normalized spacial score (nSPS) is 12.3. The summed E-state index contributed by atoms with van der Waals surface area (Å²) in [6, 6.07) is 18.6. The zero-order chi connectivity index (χ0) is 31.1. The van der Waals surface area contributed by atoms with E-state index < -0.39 is 34.1 Å². The highest BCUT2D eigenvalue weighted by Gasteiger charge is 2.34. The molecule has 0 bridgehead atoms. The summed E-state index contributed by atoms with van der Waals surface area (Å²) in [5.74, 6) is 0.102. The number of carbonyl (C=O) groups excluding carboxylic acids is 2. The first-order valence-electron chi connectivity index (χ1n) is 13.5. The first-order chi connectivity index (χ1) is 19.8. The van der Waals surface area contributed by atoms with Gasteiger partial charge in [-0.3, -0.25) is 13.9 Å². The molecule has 11 heteroatoms. The molecule has 0 radical (unpaired) electrons. The highest BCUT2D eigenvalue weighted by molar-refractivity contribution is 7.92. The third-order valence-electron chi connectivity index (χ3n) is 6.43. The van der Waals surface area contributed by atoms with Gasteiger partial charge >= 0.3 is 0 Å². The summed E-state index contributed by atoms with van der Waals surface area (Å²) in [5, 5.41) is 3.14. The Morgan fingerprint density at radius 2 is 1.60 bits per heavy atom. The number of hydrogen-bond donors (Lipinski definition) is 1. The molecule has 42 heavy (non-hydrogen) atoms. The molecule has 0 unspecified atom stereocenters. The van der Waals surface area contributed by atoms with Gasteiger partial charge < -0.3 is 19.7 Å². The highest BCUT2D eigenvalue weighted by atomic mass is 35.5. The molecule has 0 aliphatic heterocycles. The number of sulfonamides is 1. The van der Waals surface area contributed by atoms with Crippen molar-refractivity contribution in [2.45, 2.75) is 57.1 Å². The first-order valence-corrected chi connectivity index (χ1v) is 15.3. The van der Waals surface area contributed by atoms with Gasteiger partial charge in [0.2, 0.25) is 11.8 Å². The van der Waals surface area contributed by atoms with Gasteiger partial charge in [0, 0.05) is 12.1 Å². The number of halogens is 1. The number of rotatable bonds is 12. The van der Waals surface area contributed by atoms with Gasteiger partial charge in [0.15, 0.2) is 0 Å². The number of carbonyl (C=O) groups is 2. The molecule has 3 aromatic rings. The number of hydrogen-bond acceptors (Lipinski definition) is 6. The summed E-state index contributed by atoms with van der Waals surface area (Å²) in [7, 11) is -1.20. The van der Waals surface area contributed by atoms with Gasteiger partial charge in [-0.2, -0.15) is 0 Å². The van der Waals surface area contributed by atoms with Crippen molar-refractivity contribution in [3.63, 3.8) is 0 Å². The number of ether oxygens (including phenoxy) is 2. The lowest BCUT2D eigenvalue weighted by atomic mass is 10.1. The van der Waals surface area contributed by atoms with Crippen molar-refractivity contribution in [3.8, 4) is 11.5 Å². The minimum absolute atomic E-state index is 0.00367. The zero-order valence-corrected chi connectivity index (χ0v) is 26.3. The number of anilines is 1. The largest absolute Gasteiger partial charge is 0.497 e. The average Bonchev–Trinajstić information content (AvgIpc) is 2.95. The van der Waals surface area contributed by atoms with Crippen LogP contribution in [0.4, 0.5) is 5.69 Å². The SMILES string of the molecule is CC[C@@H](C(=O)NC(C)(C)C)N(Cc1ccc(OC)cc1)C(=O)CN(c1ccc(OC)c(Cl)c1)S(=O)(=O)c1ccccc1. The van der Waals surface area contributed by atoms with E-state index >= 15 is 0 Å². The maximum Gasteiger partial charge on any atom is 0.264 e. The maximum atomic E-state index is 14.2. The molecule has 3 rings (SSSR count). The molecule has 0 heterocycles. The van der Waals surface area contributed by atoms with Crippen LogP contribution < -0.4 is 19.1 Å². The number of nitrogens with one attached hydrogen (secondary N) is 1. The van der Waals surface area contributed by atoms with Gasteiger partial charge in [0.05, 0.1) is 29.8 Å². The predicted molar refractivity (Wildman–Crippen MR) is 164 cm³/mol. The molecule has 0 aliphatic rings. The van der Waals surface area contributed by atoms with Gasteiger partial charge in [-0.15, -0.1) is 0 Å². The van der Waals surface area contributed by atoms with E-state index in [-0.39, 0.29) is 28.1 Å². The van der Waals surface area contributed by atoms with E-state index in [1.807, 2.05) is 27.7 Å². The van der Waals surface area contributed by atoms with Gasteiger partial charge in [-0.05, 0) is 75.2 Å². The Morgan fingerprint density at radius 1 is 0.952 bits per heavy atom. The lowest BCUT2D eigenvalue weighted by molar-refractivity contribution is -0.141. The summed E-state index contributed by atoms with van der Waals surface area (Å²) in [5.41, 5.74) is 0.382. The number of nitrogens with zero attached hydrogens (tertiary/aromatic N) is 2. The second-order valence-corrected chi connectivity index (χ2v) is 12.9. The van der Waals surface area contributed by atoms with Gasteiger partial charge in [0.25, 0.3) is 10.0 Å². The molecular weight excluding hydrogens is 578 g/mol. The van der Waals surface area contributed by atoms with Crippen LogP contribution in [0.5, 0.6) is 11.5 Å². The fraction of sp³-hybridized carbons (Fsp3) is 0.355. The zero-order valence-electron chi connectivity index (χ0n) is 24.8. The molecule has 226 valence electrons. The van der Waals surface area contributed by atoms with Crippen molar-refractivity contribution in [3.05, 3.63) is 83.4 Å². The summed E-state index contributed by atoms with van der Waals surface area (Å²) in [6.45, 7) is 6.87. The number of methoxy groups -OCH3 is 2. The Balaban J connectivity index is 2.09. The topological polar surface area (TPSA) is 105 Å². The molecule has 0 saturated heterocycles. The maximum absolute atomic E-state index is 14.2. The van der Waals surface area contributed by atoms with Crippen molar-refractivity contribution in [1.29, 1.82) is 0 Å². The van der Waals surface area contributed by atoms with Crippen LogP contribution in [0.2, 0.25) is 5.02 Å². The molecule has 0 aromatic heterocycles. The monoisotopic (exact) mass is 615 g/mol. The number of amides is 2. The van der Waals surface area contributed by atoms with E-state index in [1.165, 1.54) is 42.3 Å². The molecule has 2 amide bonds. The number of benzene rings is 3. The minimum Gasteiger partial charge on any atom is -0.497 e. The molecule has 9 nitrogen and oxygen atoms in total. The lowest BCUT2D eigenvalue weighted by Gasteiger charge is -2.34. The van der Waals surface area contributed by atoms with Crippen molar-refractivity contribution in [2.24, 2.45) is 0 Å². The molecule has 0 fully saturated rings. The minimum atomic E-state index is -4.21. The van der Waals surface area contributed by atoms with E-state index in [9.17, 15) is 18.0 Å². The fourth-order valence-corrected chi connectivity index (χ4v) is 6.04. The van der Waals surface area contributed by atoms with E-state index in [0.29, 0.717) is 17.9 Å². The molecule has 0 spiro atoms. The molecular formula is C31H38ClN3O6S. The van der Waals surface area contributed by atoms with Crippen LogP contribution in [0, 0.1) is 0 Å². The third-order valence-corrected chi connectivity index (χ3v) is 8.51. The Labute approximate surface area is 253 Å². The van der Waals surface area contributed by atoms with E-state index in [1.54, 1.807) is 49.6 Å². The Hall–Kier alpha value is -3.76. The van der Waals surface area contributed by atoms with Crippen LogP contribution in [0.25, 0.3) is 0 Å². The Bertz CT molecular complexity index is 1470. The molecule has 1 atom stereocenters. The van der Waals surface area contributed by atoms with Gasteiger partial charge in [0.1, 0.15) is 24.1 Å². The highest BCUT2D eigenvalue weighted by Crippen LogP contribution is 2.32. The predicted octanol–water partition coefficient (Wildman–Crippen LogP) is 5.27. The Morgan fingerprint density at radius 3 is 2.12 bits per heavy atom. The van der Waals surface area contributed by atoms with E-state index in [0.717, 1.165) is 9.87 Å². The van der Waals surface area contributed by atoms with Crippen molar-refractivity contribution in [2.75, 3.05) is 25.1 Å². The second kappa shape index (κ2) is 13.9. The quantitative estimate of drug-likeness (QED) is 0.297. The molecule has 3 aromatic carbocycles. The summed E-state index contributed by atoms with van der Waals surface area (Å²) in [6.07, 6.45) is 0.309. The van der Waals surface area contributed by atoms with Gasteiger partial charge in [-0.1, -0.05) is 48.9 Å². The standard InChI is InChI=1S/C31H38ClN3O6S/c1-7-27(30(37)33-31(2,3)4)34(20-22-13-16-24(40-5)17-14-22)29(36)21-35(23-15-18-28(41-6)26(32)19-23)42(38,39)25-11-9-8-10-12-25/h8-19,27H,7,20-21H2,1-6H3,(H,33,37)/t27-/m0/s1. The third kappa shape index (κ3) is 8.17. The van der Waals surface area contributed by atoms with Gasteiger partial charge in [-0.25, -0.2) is 8.42 Å². The second-order valence-electron chi connectivity index (χ2n) is 10.7.